The summed E-state index contributed by atoms with van der Waals surface area (Å²) in [5, 5.41) is 20.4. The molecule has 5 atom stereocenters. The molecule has 1 saturated heterocycles. The van der Waals surface area contributed by atoms with Crippen LogP contribution in [-0.2, 0) is 27.4 Å². The zero-order chi connectivity index (χ0) is 18.4. The lowest BCUT2D eigenvalue weighted by Crippen LogP contribution is -2.59. The van der Waals surface area contributed by atoms with Gasteiger partial charge >= 0.3 is 0 Å². The van der Waals surface area contributed by atoms with Crippen molar-refractivity contribution in [3.63, 3.8) is 0 Å². The lowest BCUT2D eigenvalue weighted by atomic mass is 9.95. The molecule has 2 aromatic carbocycles. The van der Waals surface area contributed by atoms with Crippen LogP contribution in [-0.4, -0.2) is 47.3 Å². The van der Waals surface area contributed by atoms with Crippen LogP contribution in [0.1, 0.15) is 18.1 Å². The molecule has 26 heavy (non-hydrogen) atoms. The highest BCUT2D eigenvalue weighted by atomic mass is 16.6. The van der Waals surface area contributed by atoms with Crippen LogP contribution in [0.15, 0.2) is 60.7 Å². The molecule has 0 aliphatic carbocycles. The van der Waals surface area contributed by atoms with Crippen molar-refractivity contribution in [3.8, 4) is 0 Å². The minimum absolute atomic E-state index is 0.216. The van der Waals surface area contributed by atoms with E-state index in [1.165, 1.54) is 0 Å². The van der Waals surface area contributed by atoms with Crippen molar-refractivity contribution >= 4 is 0 Å². The smallest absolute Gasteiger partial charge is 0.115 e. The van der Waals surface area contributed by atoms with Gasteiger partial charge in [-0.05, 0) is 18.1 Å². The largest absolute Gasteiger partial charge is 0.394 e. The quantitative estimate of drug-likeness (QED) is 0.795. The van der Waals surface area contributed by atoms with E-state index in [2.05, 4.69) is 0 Å². The Bertz CT molecular complexity index is 648. The molecule has 2 N–H and O–H groups in total. The van der Waals surface area contributed by atoms with Crippen LogP contribution in [0, 0.1) is 0 Å². The Balaban J connectivity index is 1.64. The molecular formula is C21H26O5. The second-order valence-electron chi connectivity index (χ2n) is 6.58. The van der Waals surface area contributed by atoms with Gasteiger partial charge in [-0.25, -0.2) is 0 Å². The van der Waals surface area contributed by atoms with Gasteiger partial charge in [0.05, 0.1) is 25.9 Å². The maximum absolute atomic E-state index is 10.8. The van der Waals surface area contributed by atoms with Crippen molar-refractivity contribution < 1.29 is 24.4 Å². The summed E-state index contributed by atoms with van der Waals surface area (Å²) in [6, 6.07) is 19.5. The Morgan fingerprint density at radius 1 is 0.846 bits per heavy atom. The maximum Gasteiger partial charge on any atom is 0.115 e. The van der Waals surface area contributed by atoms with E-state index in [4.69, 9.17) is 14.2 Å². The van der Waals surface area contributed by atoms with Gasteiger partial charge in [-0.2, -0.15) is 0 Å². The van der Waals surface area contributed by atoms with Crippen LogP contribution in [0.5, 0.6) is 0 Å². The van der Waals surface area contributed by atoms with Crippen molar-refractivity contribution in [1.29, 1.82) is 0 Å². The number of benzene rings is 2. The fourth-order valence-electron chi connectivity index (χ4n) is 3.24. The fraction of sp³-hybridized carbons (Fsp3) is 0.429. The molecule has 5 nitrogen and oxygen atoms in total. The van der Waals surface area contributed by atoms with Gasteiger partial charge in [0.15, 0.2) is 0 Å². The topological polar surface area (TPSA) is 68.2 Å². The van der Waals surface area contributed by atoms with Crippen LogP contribution in [0.3, 0.4) is 0 Å². The molecule has 1 aliphatic rings. The van der Waals surface area contributed by atoms with E-state index in [0.717, 1.165) is 11.1 Å². The number of ether oxygens (including phenoxy) is 3. The highest BCUT2D eigenvalue weighted by Crippen LogP contribution is 2.27. The number of hydrogen-bond donors (Lipinski definition) is 2. The van der Waals surface area contributed by atoms with Crippen LogP contribution in [0.25, 0.3) is 0 Å². The number of hydrogen-bond acceptors (Lipinski definition) is 5. The van der Waals surface area contributed by atoms with Gasteiger partial charge in [-0.3, -0.25) is 0 Å². The highest BCUT2D eigenvalue weighted by Gasteiger charge is 2.44. The van der Waals surface area contributed by atoms with Crippen molar-refractivity contribution in [2.75, 3.05) is 6.61 Å². The minimum atomic E-state index is -0.886. The van der Waals surface area contributed by atoms with Gasteiger partial charge in [-0.1, -0.05) is 60.7 Å². The molecule has 0 aromatic heterocycles. The van der Waals surface area contributed by atoms with E-state index in [0.29, 0.717) is 13.2 Å². The summed E-state index contributed by atoms with van der Waals surface area (Å²) >= 11 is 0. The molecule has 3 rings (SSSR count). The summed E-state index contributed by atoms with van der Waals surface area (Å²) in [6.45, 7) is 2.34. The molecule has 1 heterocycles. The van der Waals surface area contributed by atoms with Crippen molar-refractivity contribution in [1.82, 2.24) is 0 Å². The third kappa shape index (κ3) is 4.69. The van der Waals surface area contributed by atoms with Crippen molar-refractivity contribution in [2.24, 2.45) is 0 Å². The summed E-state index contributed by atoms with van der Waals surface area (Å²) in [5.74, 6) is 0. The Morgan fingerprint density at radius 2 is 1.35 bits per heavy atom. The molecule has 0 amide bonds. The Kier molecular flexibility index (Phi) is 6.77. The molecule has 0 bridgehead atoms. The lowest BCUT2D eigenvalue weighted by Gasteiger charge is -2.43. The predicted octanol–water partition coefficient (Wildman–Crippen LogP) is 2.30. The molecular weight excluding hydrogens is 332 g/mol. The molecule has 0 spiro atoms. The average molecular weight is 358 g/mol. The van der Waals surface area contributed by atoms with Gasteiger partial charge in [-0.15, -0.1) is 0 Å². The van der Waals surface area contributed by atoms with Crippen molar-refractivity contribution in [3.05, 3.63) is 71.8 Å². The van der Waals surface area contributed by atoms with Crippen LogP contribution < -0.4 is 0 Å². The van der Waals surface area contributed by atoms with Crippen molar-refractivity contribution in [2.45, 2.75) is 50.7 Å². The summed E-state index contributed by atoms with van der Waals surface area (Å²) in [5.41, 5.74) is 2.02. The van der Waals surface area contributed by atoms with E-state index in [1.54, 1.807) is 0 Å². The summed E-state index contributed by atoms with van der Waals surface area (Å²) in [7, 11) is 0. The molecule has 2 unspecified atom stereocenters. The molecule has 140 valence electrons. The fourth-order valence-corrected chi connectivity index (χ4v) is 3.24. The van der Waals surface area contributed by atoms with E-state index in [1.807, 2.05) is 67.6 Å². The van der Waals surface area contributed by atoms with Gasteiger partial charge in [0.1, 0.15) is 24.4 Å². The van der Waals surface area contributed by atoms with E-state index < -0.39 is 24.4 Å². The zero-order valence-electron chi connectivity index (χ0n) is 14.9. The molecule has 2 aromatic rings. The van der Waals surface area contributed by atoms with Gasteiger partial charge in [0.2, 0.25) is 0 Å². The first-order valence-corrected chi connectivity index (χ1v) is 8.94. The number of rotatable bonds is 7. The lowest BCUT2D eigenvalue weighted by molar-refractivity contribution is -0.253. The average Bonchev–Trinajstić information content (AvgIpc) is 2.68. The van der Waals surface area contributed by atoms with Gasteiger partial charge in [0, 0.05) is 0 Å². The van der Waals surface area contributed by atoms with E-state index in [-0.39, 0.29) is 12.7 Å². The first-order chi connectivity index (χ1) is 12.7. The van der Waals surface area contributed by atoms with Crippen LogP contribution in [0.4, 0.5) is 0 Å². The summed E-state index contributed by atoms with van der Waals surface area (Å²) in [4.78, 5) is 0. The summed E-state index contributed by atoms with van der Waals surface area (Å²) < 4.78 is 17.7. The molecule has 0 saturated carbocycles. The van der Waals surface area contributed by atoms with Crippen LogP contribution in [0.2, 0.25) is 0 Å². The number of aliphatic hydroxyl groups excluding tert-OH is 2. The standard InChI is InChI=1S/C21H26O5/c1-15-20(24-13-16-8-4-2-5-9-16)19(23)21(18(12-22)26-15)25-14-17-10-6-3-7-11-17/h2-11,15,18-23H,12-14H2,1H3/t15-,18?,19-,20?,21-/m1/s1. The Hall–Kier alpha value is -1.76. The molecule has 0 radical (unpaired) electrons. The SMILES string of the molecule is C[C@H]1OC(CO)[C@@H](OCc2ccccc2)[C@H](O)C1OCc1ccccc1. The van der Waals surface area contributed by atoms with Crippen LogP contribution >= 0.6 is 0 Å². The minimum Gasteiger partial charge on any atom is -0.394 e. The molecule has 1 fully saturated rings. The maximum atomic E-state index is 10.8. The summed E-state index contributed by atoms with van der Waals surface area (Å²) in [6.07, 6.45) is -3.00. The second-order valence-corrected chi connectivity index (χ2v) is 6.58. The molecule has 1 aliphatic heterocycles. The normalized spacial score (nSPS) is 28.8. The highest BCUT2D eigenvalue weighted by molar-refractivity contribution is 5.14. The Morgan fingerprint density at radius 3 is 1.85 bits per heavy atom. The first-order valence-electron chi connectivity index (χ1n) is 8.94. The van der Waals surface area contributed by atoms with Gasteiger partial charge in [0.25, 0.3) is 0 Å². The third-order valence-corrected chi connectivity index (χ3v) is 4.64. The van der Waals surface area contributed by atoms with E-state index in [9.17, 15) is 10.2 Å². The number of aliphatic hydroxyl groups is 2. The first kappa shape index (κ1) is 19.0. The second kappa shape index (κ2) is 9.26. The monoisotopic (exact) mass is 358 g/mol. The third-order valence-electron chi connectivity index (χ3n) is 4.64. The zero-order valence-corrected chi connectivity index (χ0v) is 14.9. The van der Waals surface area contributed by atoms with E-state index >= 15 is 0 Å². The Labute approximate surface area is 154 Å². The molecule has 5 heteroatoms. The van der Waals surface area contributed by atoms with Gasteiger partial charge < -0.3 is 24.4 Å². The predicted molar refractivity (Wildman–Crippen MR) is 97.5 cm³/mol.